The second-order valence-corrected chi connectivity index (χ2v) is 6.25. The smallest absolute Gasteiger partial charge is 0.220 e. The Morgan fingerprint density at radius 1 is 1.58 bits per heavy atom. The molecule has 0 radical (unpaired) electrons. The van der Waals surface area contributed by atoms with E-state index in [1.54, 1.807) is 11.3 Å². The number of allylic oxidation sites excluding steroid dienone is 2. The van der Waals surface area contributed by atoms with Crippen molar-refractivity contribution in [3.63, 3.8) is 0 Å². The Morgan fingerprint density at radius 3 is 3.00 bits per heavy atom. The first-order valence-electron chi connectivity index (χ1n) is 6.80. The van der Waals surface area contributed by atoms with Crippen molar-refractivity contribution in [2.24, 2.45) is 5.92 Å². The number of rotatable bonds is 6. The number of amides is 1. The minimum Gasteiger partial charge on any atom is -0.354 e. The molecule has 0 saturated carbocycles. The summed E-state index contributed by atoms with van der Waals surface area (Å²) in [5.41, 5.74) is 0. The Labute approximate surface area is 119 Å². The van der Waals surface area contributed by atoms with E-state index in [1.807, 2.05) is 0 Å². The number of likely N-dealkylation sites (N-methyl/N-ethyl adjacent to an activating group) is 1. The van der Waals surface area contributed by atoms with Crippen LogP contribution in [0.1, 0.15) is 30.2 Å². The van der Waals surface area contributed by atoms with Crippen LogP contribution in [0.3, 0.4) is 0 Å². The third-order valence-corrected chi connectivity index (χ3v) is 4.52. The van der Waals surface area contributed by atoms with Crippen LogP contribution in [0.25, 0.3) is 0 Å². The Balaban J connectivity index is 1.81. The van der Waals surface area contributed by atoms with Crippen molar-refractivity contribution in [1.82, 2.24) is 10.2 Å². The van der Waals surface area contributed by atoms with E-state index in [-0.39, 0.29) is 11.9 Å². The molecular formula is C15H22N2OS. The molecule has 0 aliphatic heterocycles. The number of nitrogens with zero attached hydrogens (tertiary/aromatic N) is 1. The third-order valence-electron chi connectivity index (χ3n) is 3.55. The van der Waals surface area contributed by atoms with Gasteiger partial charge in [0, 0.05) is 17.8 Å². The molecular weight excluding hydrogens is 256 g/mol. The van der Waals surface area contributed by atoms with Crippen molar-refractivity contribution in [1.29, 1.82) is 0 Å². The van der Waals surface area contributed by atoms with Gasteiger partial charge in [0.05, 0.1) is 6.04 Å². The summed E-state index contributed by atoms with van der Waals surface area (Å²) in [7, 11) is 4.10. The van der Waals surface area contributed by atoms with Crippen LogP contribution in [-0.2, 0) is 4.79 Å². The molecule has 1 heterocycles. The maximum absolute atomic E-state index is 11.9. The summed E-state index contributed by atoms with van der Waals surface area (Å²) in [6.45, 7) is 0.683. The predicted molar refractivity (Wildman–Crippen MR) is 80.2 cm³/mol. The molecule has 1 N–H and O–H groups in total. The number of hydrogen-bond acceptors (Lipinski definition) is 3. The second-order valence-electron chi connectivity index (χ2n) is 5.27. The molecule has 2 atom stereocenters. The van der Waals surface area contributed by atoms with E-state index < -0.39 is 0 Å². The van der Waals surface area contributed by atoms with E-state index in [4.69, 9.17) is 0 Å². The third kappa shape index (κ3) is 4.18. The standard InChI is InChI=1S/C15H22N2OS/c1-17(2)13(14-8-5-9-19-14)11-16-15(18)10-12-6-3-4-7-12/h3,5-6,8-9,12-13H,4,7,10-11H2,1-2H3,(H,16,18)/t12-,13-/m0/s1. The molecule has 1 amide bonds. The molecule has 3 nitrogen and oxygen atoms in total. The summed E-state index contributed by atoms with van der Waals surface area (Å²) in [6.07, 6.45) is 7.21. The van der Waals surface area contributed by atoms with Gasteiger partial charge in [0.15, 0.2) is 0 Å². The van der Waals surface area contributed by atoms with Crippen LogP contribution in [0.2, 0.25) is 0 Å². The summed E-state index contributed by atoms with van der Waals surface area (Å²) < 4.78 is 0. The van der Waals surface area contributed by atoms with Crippen molar-refractivity contribution < 1.29 is 4.79 Å². The highest BCUT2D eigenvalue weighted by molar-refractivity contribution is 7.10. The lowest BCUT2D eigenvalue weighted by atomic mass is 10.0. The van der Waals surface area contributed by atoms with E-state index in [2.05, 4.69) is 54.0 Å². The zero-order chi connectivity index (χ0) is 13.7. The second kappa shape index (κ2) is 6.87. The fourth-order valence-corrected chi connectivity index (χ4v) is 3.33. The first-order chi connectivity index (χ1) is 9.16. The Bertz CT molecular complexity index is 425. The van der Waals surface area contributed by atoms with Gasteiger partial charge in [-0.15, -0.1) is 11.3 Å². The van der Waals surface area contributed by atoms with Crippen molar-refractivity contribution in [3.8, 4) is 0 Å². The Morgan fingerprint density at radius 2 is 2.42 bits per heavy atom. The van der Waals surface area contributed by atoms with Gasteiger partial charge in [0.2, 0.25) is 5.91 Å². The van der Waals surface area contributed by atoms with Crippen LogP contribution in [0.4, 0.5) is 0 Å². The molecule has 0 bridgehead atoms. The van der Waals surface area contributed by atoms with E-state index >= 15 is 0 Å². The summed E-state index contributed by atoms with van der Waals surface area (Å²) in [4.78, 5) is 15.4. The van der Waals surface area contributed by atoms with Crippen molar-refractivity contribution in [2.45, 2.75) is 25.3 Å². The van der Waals surface area contributed by atoms with Crippen molar-refractivity contribution >= 4 is 17.2 Å². The number of nitrogens with one attached hydrogen (secondary N) is 1. The molecule has 0 fully saturated rings. The summed E-state index contributed by atoms with van der Waals surface area (Å²) in [5, 5.41) is 5.15. The van der Waals surface area contributed by atoms with Crippen LogP contribution >= 0.6 is 11.3 Å². The average Bonchev–Trinajstić information content (AvgIpc) is 3.01. The fraction of sp³-hybridized carbons (Fsp3) is 0.533. The summed E-state index contributed by atoms with van der Waals surface area (Å²) in [6, 6.07) is 4.45. The van der Waals surface area contributed by atoms with Crippen LogP contribution in [0.15, 0.2) is 29.7 Å². The maximum atomic E-state index is 11.9. The Hall–Kier alpha value is -1.13. The molecule has 1 aromatic rings. The van der Waals surface area contributed by atoms with Gasteiger partial charge in [-0.05, 0) is 44.3 Å². The molecule has 0 saturated heterocycles. The molecule has 4 heteroatoms. The minimum atomic E-state index is 0.167. The molecule has 2 rings (SSSR count). The number of carbonyl (C=O) groups excluding carboxylic acids is 1. The first kappa shape index (κ1) is 14.3. The number of thiophene rings is 1. The quantitative estimate of drug-likeness (QED) is 0.812. The summed E-state index contributed by atoms with van der Waals surface area (Å²) >= 11 is 1.74. The van der Waals surface area contributed by atoms with Crippen LogP contribution in [-0.4, -0.2) is 31.4 Å². The minimum absolute atomic E-state index is 0.167. The van der Waals surface area contributed by atoms with E-state index in [9.17, 15) is 4.79 Å². The number of carbonyl (C=O) groups is 1. The normalized spacial score (nSPS) is 19.8. The molecule has 1 aromatic heterocycles. The van der Waals surface area contributed by atoms with Gasteiger partial charge in [-0.1, -0.05) is 18.2 Å². The van der Waals surface area contributed by atoms with Gasteiger partial charge in [-0.2, -0.15) is 0 Å². The highest BCUT2D eigenvalue weighted by Gasteiger charge is 2.18. The zero-order valence-corrected chi connectivity index (χ0v) is 12.5. The predicted octanol–water partition coefficient (Wildman–Crippen LogP) is 2.82. The highest BCUT2D eigenvalue weighted by atomic mass is 32.1. The lowest BCUT2D eigenvalue weighted by molar-refractivity contribution is -0.121. The largest absolute Gasteiger partial charge is 0.354 e. The fourth-order valence-electron chi connectivity index (χ4n) is 2.40. The van der Waals surface area contributed by atoms with Gasteiger partial charge in [-0.3, -0.25) is 4.79 Å². The molecule has 0 aromatic carbocycles. The maximum Gasteiger partial charge on any atom is 0.220 e. The van der Waals surface area contributed by atoms with E-state index in [0.717, 1.165) is 12.8 Å². The average molecular weight is 278 g/mol. The van der Waals surface area contributed by atoms with Crippen LogP contribution < -0.4 is 5.32 Å². The van der Waals surface area contributed by atoms with Crippen LogP contribution in [0, 0.1) is 5.92 Å². The topological polar surface area (TPSA) is 32.3 Å². The zero-order valence-electron chi connectivity index (χ0n) is 11.6. The van der Waals surface area contributed by atoms with Gasteiger partial charge in [-0.25, -0.2) is 0 Å². The molecule has 0 spiro atoms. The monoisotopic (exact) mass is 278 g/mol. The van der Waals surface area contributed by atoms with Gasteiger partial charge in [0.25, 0.3) is 0 Å². The highest BCUT2D eigenvalue weighted by Crippen LogP contribution is 2.23. The van der Waals surface area contributed by atoms with E-state index in [0.29, 0.717) is 18.9 Å². The lowest BCUT2D eigenvalue weighted by Crippen LogP contribution is -2.34. The van der Waals surface area contributed by atoms with Crippen molar-refractivity contribution in [3.05, 3.63) is 34.5 Å². The number of hydrogen-bond donors (Lipinski definition) is 1. The van der Waals surface area contributed by atoms with E-state index in [1.165, 1.54) is 4.88 Å². The molecule has 0 unspecified atom stereocenters. The SMILES string of the molecule is CN(C)[C@@H](CNC(=O)C[C@H]1C=CCC1)c1cccs1. The van der Waals surface area contributed by atoms with Gasteiger partial charge in [0.1, 0.15) is 0 Å². The van der Waals surface area contributed by atoms with Crippen LogP contribution in [0.5, 0.6) is 0 Å². The van der Waals surface area contributed by atoms with Crippen molar-refractivity contribution in [2.75, 3.05) is 20.6 Å². The first-order valence-corrected chi connectivity index (χ1v) is 7.68. The lowest BCUT2D eigenvalue weighted by Gasteiger charge is -2.23. The van der Waals surface area contributed by atoms with Gasteiger partial charge >= 0.3 is 0 Å². The molecule has 104 valence electrons. The van der Waals surface area contributed by atoms with Gasteiger partial charge < -0.3 is 10.2 Å². The molecule has 1 aliphatic carbocycles. The molecule has 1 aliphatic rings. The Kier molecular flexibility index (Phi) is 5.16. The molecule has 19 heavy (non-hydrogen) atoms. The summed E-state index contributed by atoms with van der Waals surface area (Å²) in [5.74, 6) is 0.611.